The van der Waals surface area contributed by atoms with Crippen LogP contribution in [0.3, 0.4) is 0 Å². The summed E-state index contributed by atoms with van der Waals surface area (Å²) in [4.78, 5) is 11.8. The maximum Gasteiger partial charge on any atom is 0.261 e. The topological polar surface area (TPSA) is 80.3 Å². The van der Waals surface area contributed by atoms with Crippen LogP contribution in [0.25, 0.3) is 0 Å². The van der Waals surface area contributed by atoms with E-state index in [1.807, 2.05) is 0 Å². The molecule has 112 valence electrons. The minimum absolute atomic E-state index is 0.0797. The highest BCUT2D eigenvalue weighted by Gasteiger charge is 2.16. The molecular formula is C12H16ClNO4S2. The minimum Gasteiger partial charge on any atom is -0.351 e. The standard InChI is InChI=1S/C12H16ClNO4S2/c1-3-19(16)7-6-14-12(15)10-5-4-9(2)11(8-10)20(13,17)18/h4-5,8H,3,6-7H2,1-2H3,(H,14,15). The molecule has 0 aromatic heterocycles. The molecular weight excluding hydrogens is 322 g/mol. The van der Waals surface area contributed by atoms with Gasteiger partial charge in [-0.1, -0.05) is 13.0 Å². The zero-order valence-corrected chi connectivity index (χ0v) is 13.6. The molecule has 1 atom stereocenters. The van der Waals surface area contributed by atoms with E-state index in [2.05, 4.69) is 5.32 Å². The molecule has 1 amide bonds. The number of hydrogen-bond acceptors (Lipinski definition) is 4. The number of aryl methyl sites for hydroxylation is 1. The second kappa shape index (κ2) is 7.19. The Bertz CT molecular complexity index is 628. The van der Waals surface area contributed by atoms with E-state index < -0.39 is 25.8 Å². The third-order valence-corrected chi connectivity index (χ3v) is 5.42. The average Bonchev–Trinajstić information content (AvgIpc) is 2.37. The van der Waals surface area contributed by atoms with Crippen molar-refractivity contribution in [3.05, 3.63) is 29.3 Å². The largest absolute Gasteiger partial charge is 0.351 e. The Kier molecular flexibility index (Phi) is 6.16. The zero-order valence-electron chi connectivity index (χ0n) is 11.2. The molecule has 1 rings (SSSR count). The molecule has 20 heavy (non-hydrogen) atoms. The first-order chi connectivity index (χ1) is 9.25. The van der Waals surface area contributed by atoms with Gasteiger partial charge in [0.25, 0.3) is 15.0 Å². The van der Waals surface area contributed by atoms with Crippen LogP contribution in [0.2, 0.25) is 0 Å². The number of carbonyl (C=O) groups is 1. The number of hydrogen-bond donors (Lipinski definition) is 1. The van der Waals surface area contributed by atoms with Gasteiger partial charge in [0.15, 0.2) is 0 Å². The number of amides is 1. The van der Waals surface area contributed by atoms with Crippen molar-refractivity contribution >= 4 is 36.4 Å². The first kappa shape index (κ1) is 17.1. The molecule has 0 saturated heterocycles. The summed E-state index contributed by atoms with van der Waals surface area (Å²) in [5, 5.41) is 2.59. The van der Waals surface area contributed by atoms with Gasteiger partial charge in [-0.05, 0) is 24.6 Å². The van der Waals surface area contributed by atoms with Gasteiger partial charge in [0.1, 0.15) is 0 Å². The molecule has 0 spiro atoms. The summed E-state index contributed by atoms with van der Waals surface area (Å²) < 4.78 is 34.0. The third kappa shape index (κ3) is 4.88. The number of carbonyl (C=O) groups excluding carboxylic acids is 1. The predicted octanol–water partition coefficient (Wildman–Crippen LogP) is 1.42. The van der Waals surface area contributed by atoms with Crippen LogP contribution in [0, 0.1) is 6.92 Å². The molecule has 0 aliphatic heterocycles. The highest BCUT2D eigenvalue weighted by Crippen LogP contribution is 2.20. The molecule has 8 heteroatoms. The molecule has 0 aliphatic carbocycles. The summed E-state index contributed by atoms with van der Waals surface area (Å²) >= 11 is 0. The van der Waals surface area contributed by atoms with E-state index >= 15 is 0 Å². The van der Waals surface area contributed by atoms with E-state index in [4.69, 9.17) is 10.7 Å². The molecule has 1 aromatic carbocycles. The Labute approximate surface area is 125 Å². The molecule has 1 unspecified atom stereocenters. The van der Waals surface area contributed by atoms with Crippen LogP contribution in [0.5, 0.6) is 0 Å². The molecule has 0 saturated carbocycles. The lowest BCUT2D eigenvalue weighted by Crippen LogP contribution is -2.28. The third-order valence-electron chi connectivity index (χ3n) is 2.65. The van der Waals surface area contributed by atoms with E-state index in [0.29, 0.717) is 17.1 Å². The highest BCUT2D eigenvalue weighted by atomic mass is 35.7. The maximum atomic E-state index is 11.9. The molecule has 0 bridgehead atoms. The van der Waals surface area contributed by atoms with Crippen molar-refractivity contribution in [3.63, 3.8) is 0 Å². The second-order valence-corrected chi connectivity index (χ2v) is 8.51. The van der Waals surface area contributed by atoms with Gasteiger partial charge < -0.3 is 5.32 Å². The van der Waals surface area contributed by atoms with E-state index in [-0.39, 0.29) is 17.0 Å². The normalized spacial score (nSPS) is 12.9. The summed E-state index contributed by atoms with van der Waals surface area (Å²) in [6, 6.07) is 4.28. The first-order valence-electron chi connectivity index (χ1n) is 5.94. The molecule has 5 nitrogen and oxygen atoms in total. The van der Waals surface area contributed by atoms with Gasteiger partial charge in [-0.25, -0.2) is 8.42 Å². The zero-order chi connectivity index (χ0) is 15.3. The lowest BCUT2D eigenvalue weighted by atomic mass is 10.1. The minimum atomic E-state index is -3.88. The monoisotopic (exact) mass is 337 g/mol. The fraction of sp³-hybridized carbons (Fsp3) is 0.417. The fourth-order valence-corrected chi connectivity index (χ4v) is 3.37. The molecule has 1 N–H and O–H groups in total. The number of rotatable bonds is 6. The summed E-state index contributed by atoms with van der Waals surface area (Å²) in [5.74, 6) is 0.490. The highest BCUT2D eigenvalue weighted by molar-refractivity contribution is 8.13. The van der Waals surface area contributed by atoms with Crippen molar-refractivity contribution in [2.24, 2.45) is 0 Å². The molecule has 0 aliphatic rings. The van der Waals surface area contributed by atoms with Crippen LogP contribution in [-0.2, 0) is 19.9 Å². The first-order valence-corrected chi connectivity index (χ1v) is 9.74. The number of nitrogens with one attached hydrogen (secondary N) is 1. The van der Waals surface area contributed by atoms with Crippen LogP contribution in [0.15, 0.2) is 23.1 Å². The lowest BCUT2D eigenvalue weighted by Gasteiger charge is -2.07. The van der Waals surface area contributed by atoms with E-state index in [9.17, 15) is 17.4 Å². The van der Waals surface area contributed by atoms with E-state index in [1.165, 1.54) is 18.2 Å². The smallest absolute Gasteiger partial charge is 0.261 e. The van der Waals surface area contributed by atoms with Gasteiger partial charge in [-0.15, -0.1) is 0 Å². The summed E-state index contributed by atoms with van der Waals surface area (Å²) in [5.41, 5.74) is 0.681. The second-order valence-electron chi connectivity index (χ2n) is 4.11. The van der Waals surface area contributed by atoms with Crippen molar-refractivity contribution in [2.45, 2.75) is 18.7 Å². The fourth-order valence-electron chi connectivity index (χ4n) is 1.53. The quantitative estimate of drug-likeness (QED) is 0.796. The van der Waals surface area contributed by atoms with Crippen LogP contribution in [-0.4, -0.2) is 36.6 Å². The summed E-state index contributed by atoms with van der Waals surface area (Å²) in [6.45, 7) is 3.67. The Morgan fingerprint density at radius 3 is 2.60 bits per heavy atom. The maximum absolute atomic E-state index is 11.9. The summed E-state index contributed by atoms with van der Waals surface area (Å²) in [7, 11) is 0.468. The average molecular weight is 338 g/mol. The van der Waals surface area contributed by atoms with Crippen LogP contribution < -0.4 is 5.32 Å². The molecule has 1 aromatic rings. The van der Waals surface area contributed by atoms with Crippen LogP contribution in [0.1, 0.15) is 22.8 Å². The van der Waals surface area contributed by atoms with Gasteiger partial charge in [-0.2, -0.15) is 0 Å². The number of benzene rings is 1. The van der Waals surface area contributed by atoms with Crippen molar-refractivity contribution in [3.8, 4) is 0 Å². The van der Waals surface area contributed by atoms with Crippen molar-refractivity contribution in [1.82, 2.24) is 5.32 Å². The van der Waals surface area contributed by atoms with Gasteiger partial charge in [0, 0.05) is 45.1 Å². The Balaban J connectivity index is 2.82. The van der Waals surface area contributed by atoms with Crippen LogP contribution in [0.4, 0.5) is 0 Å². The number of halogens is 1. The van der Waals surface area contributed by atoms with Gasteiger partial charge in [0.2, 0.25) is 0 Å². The molecule has 0 fully saturated rings. The van der Waals surface area contributed by atoms with E-state index in [0.717, 1.165) is 0 Å². The summed E-state index contributed by atoms with van der Waals surface area (Å²) in [6.07, 6.45) is 0. The van der Waals surface area contributed by atoms with Crippen molar-refractivity contribution in [2.75, 3.05) is 18.1 Å². The van der Waals surface area contributed by atoms with Gasteiger partial charge >= 0.3 is 0 Å². The van der Waals surface area contributed by atoms with Gasteiger partial charge in [-0.3, -0.25) is 9.00 Å². The predicted molar refractivity (Wildman–Crippen MR) is 80.1 cm³/mol. The Morgan fingerprint density at radius 1 is 1.40 bits per heavy atom. The van der Waals surface area contributed by atoms with Crippen molar-refractivity contribution < 1.29 is 17.4 Å². The molecule has 0 heterocycles. The van der Waals surface area contributed by atoms with E-state index in [1.54, 1.807) is 13.8 Å². The van der Waals surface area contributed by atoms with Gasteiger partial charge in [0.05, 0.1) is 4.90 Å². The molecule has 0 radical (unpaired) electrons. The SMILES string of the molecule is CCS(=O)CCNC(=O)c1ccc(C)c(S(=O)(=O)Cl)c1. The Morgan fingerprint density at radius 2 is 2.05 bits per heavy atom. The van der Waals surface area contributed by atoms with Crippen molar-refractivity contribution in [1.29, 1.82) is 0 Å². The van der Waals surface area contributed by atoms with Crippen LogP contribution >= 0.6 is 10.7 Å². The Hall–Kier alpha value is -0.920. The lowest BCUT2D eigenvalue weighted by molar-refractivity contribution is 0.0956.